The first-order valence-electron chi connectivity index (χ1n) is 8.03. The third-order valence-corrected chi connectivity index (χ3v) is 6.31. The fourth-order valence-electron chi connectivity index (χ4n) is 2.85. The predicted molar refractivity (Wildman–Crippen MR) is 107 cm³/mol. The lowest BCUT2D eigenvalue weighted by Crippen LogP contribution is -2.32. The number of hydrazine groups is 1. The maximum absolute atomic E-state index is 5.25. The van der Waals surface area contributed by atoms with Crippen molar-refractivity contribution in [2.24, 2.45) is 4.99 Å². The van der Waals surface area contributed by atoms with Gasteiger partial charge in [0.2, 0.25) is 0 Å². The van der Waals surface area contributed by atoms with Gasteiger partial charge in [-0.1, -0.05) is 41.6 Å². The number of methoxy groups -OCH3 is 1. The van der Waals surface area contributed by atoms with Crippen LogP contribution >= 0.6 is 23.5 Å². The number of rotatable bonds is 3. The minimum atomic E-state index is 0.209. The summed E-state index contributed by atoms with van der Waals surface area (Å²) in [6.45, 7) is 4.20. The van der Waals surface area contributed by atoms with E-state index in [0.29, 0.717) is 0 Å². The van der Waals surface area contributed by atoms with Crippen LogP contribution in [-0.2, 0) is 0 Å². The molecule has 2 aliphatic rings. The Morgan fingerprint density at radius 1 is 1.12 bits per heavy atom. The monoisotopic (exact) mass is 369 g/mol. The maximum atomic E-state index is 5.25. The fourth-order valence-corrected chi connectivity index (χ4v) is 4.97. The molecule has 6 heteroatoms. The Labute approximate surface area is 156 Å². The topological polar surface area (TPSA) is 36.9 Å². The van der Waals surface area contributed by atoms with E-state index in [1.807, 2.05) is 12.1 Å². The summed E-state index contributed by atoms with van der Waals surface area (Å²) in [6.07, 6.45) is 0. The van der Waals surface area contributed by atoms with Gasteiger partial charge in [-0.05, 0) is 54.9 Å². The van der Waals surface area contributed by atoms with Crippen LogP contribution in [0.2, 0.25) is 0 Å². The van der Waals surface area contributed by atoms with E-state index >= 15 is 0 Å². The zero-order valence-corrected chi connectivity index (χ0v) is 15.9. The normalized spacial score (nSPS) is 20.4. The standard InChI is InChI=1S/C19H19N3OS2/c1-12-4-9-16(13(2)10-12)20-19-21-22-17(25-19)11-24-18(22)14-5-7-15(23-3)8-6-14/h4-11,18H,1-3H3,(H,20,21). The maximum Gasteiger partial charge on any atom is 0.187 e. The molecule has 0 saturated carbocycles. The first kappa shape index (κ1) is 16.4. The zero-order chi connectivity index (χ0) is 17.4. The molecule has 0 spiro atoms. The summed E-state index contributed by atoms with van der Waals surface area (Å²) < 4.78 is 5.25. The van der Waals surface area contributed by atoms with Crippen LogP contribution < -0.4 is 10.2 Å². The molecule has 1 N–H and O–H groups in total. The number of fused-ring (bicyclic) bond motifs is 1. The highest BCUT2D eigenvalue weighted by Gasteiger charge is 2.35. The second-order valence-corrected chi connectivity index (χ2v) is 7.97. The number of aliphatic imine (C=N–C) groups is 1. The molecule has 4 rings (SSSR count). The Bertz CT molecular complexity index is 861. The SMILES string of the molecule is COc1ccc(C2SC=C3SC(=Nc4ccc(C)cc4C)NN32)cc1. The average molecular weight is 370 g/mol. The number of hydrogen-bond acceptors (Lipinski definition) is 5. The van der Waals surface area contributed by atoms with Gasteiger partial charge in [-0.15, -0.1) is 0 Å². The van der Waals surface area contributed by atoms with Gasteiger partial charge < -0.3 is 4.74 Å². The molecule has 4 nitrogen and oxygen atoms in total. The Morgan fingerprint density at radius 2 is 1.92 bits per heavy atom. The highest BCUT2D eigenvalue weighted by Crippen LogP contribution is 2.48. The Morgan fingerprint density at radius 3 is 2.64 bits per heavy atom. The molecule has 0 bridgehead atoms. The summed E-state index contributed by atoms with van der Waals surface area (Å²) >= 11 is 3.47. The number of amidine groups is 1. The molecule has 0 radical (unpaired) electrons. The summed E-state index contributed by atoms with van der Waals surface area (Å²) in [5, 5.41) is 6.68. The van der Waals surface area contributed by atoms with E-state index < -0.39 is 0 Å². The van der Waals surface area contributed by atoms with Crippen LogP contribution in [0.3, 0.4) is 0 Å². The molecule has 1 saturated heterocycles. The molecule has 2 aromatic rings. The summed E-state index contributed by atoms with van der Waals surface area (Å²) in [6, 6.07) is 14.6. The molecule has 128 valence electrons. The van der Waals surface area contributed by atoms with Crippen molar-refractivity contribution < 1.29 is 4.74 Å². The van der Waals surface area contributed by atoms with Gasteiger partial charge in [0.15, 0.2) is 5.17 Å². The number of nitrogens with zero attached hydrogens (tertiary/aromatic N) is 2. The van der Waals surface area contributed by atoms with Crippen LogP contribution in [0.15, 0.2) is 57.9 Å². The van der Waals surface area contributed by atoms with Gasteiger partial charge >= 0.3 is 0 Å². The van der Waals surface area contributed by atoms with Crippen LogP contribution in [0.5, 0.6) is 5.75 Å². The van der Waals surface area contributed by atoms with E-state index in [1.54, 1.807) is 30.6 Å². The van der Waals surface area contributed by atoms with Crippen LogP contribution in [0.1, 0.15) is 22.1 Å². The Balaban J connectivity index is 1.55. The minimum absolute atomic E-state index is 0.209. The van der Waals surface area contributed by atoms with Crippen molar-refractivity contribution in [3.05, 3.63) is 69.6 Å². The van der Waals surface area contributed by atoms with Crippen molar-refractivity contribution >= 4 is 34.4 Å². The lowest BCUT2D eigenvalue weighted by atomic mass is 10.1. The van der Waals surface area contributed by atoms with Gasteiger partial charge in [0.05, 0.1) is 12.8 Å². The molecule has 0 amide bonds. The molecule has 0 aromatic heterocycles. The van der Waals surface area contributed by atoms with Crippen molar-refractivity contribution in [3.8, 4) is 5.75 Å². The third-order valence-electron chi connectivity index (χ3n) is 4.16. The summed E-state index contributed by atoms with van der Waals surface area (Å²) in [5.41, 5.74) is 8.14. The van der Waals surface area contributed by atoms with E-state index in [2.05, 4.69) is 60.0 Å². The van der Waals surface area contributed by atoms with E-state index in [1.165, 1.54) is 21.7 Å². The molecular weight excluding hydrogens is 350 g/mol. The van der Waals surface area contributed by atoms with E-state index in [4.69, 9.17) is 9.73 Å². The molecular formula is C19H19N3OS2. The summed E-state index contributed by atoms with van der Waals surface area (Å²) in [7, 11) is 1.69. The van der Waals surface area contributed by atoms with Gasteiger partial charge in [0, 0.05) is 5.41 Å². The van der Waals surface area contributed by atoms with Gasteiger partial charge in [-0.25, -0.2) is 4.99 Å². The highest BCUT2D eigenvalue weighted by molar-refractivity contribution is 8.18. The van der Waals surface area contributed by atoms with Crippen molar-refractivity contribution in [1.29, 1.82) is 0 Å². The van der Waals surface area contributed by atoms with Gasteiger partial charge in [0.1, 0.15) is 16.2 Å². The quantitative estimate of drug-likeness (QED) is 0.815. The molecule has 1 fully saturated rings. The molecule has 2 heterocycles. The van der Waals surface area contributed by atoms with Crippen molar-refractivity contribution in [3.63, 3.8) is 0 Å². The van der Waals surface area contributed by atoms with E-state index in [9.17, 15) is 0 Å². The average Bonchev–Trinajstić information content (AvgIpc) is 3.17. The van der Waals surface area contributed by atoms with Crippen LogP contribution in [0.25, 0.3) is 0 Å². The second-order valence-electron chi connectivity index (χ2n) is 6.01. The number of hydrogen-bond donors (Lipinski definition) is 1. The number of nitrogens with one attached hydrogen (secondary N) is 1. The number of ether oxygens (including phenoxy) is 1. The zero-order valence-electron chi connectivity index (χ0n) is 14.3. The lowest BCUT2D eigenvalue weighted by molar-refractivity contribution is 0.325. The van der Waals surface area contributed by atoms with Gasteiger partial charge in [0.25, 0.3) is 0 Å². The second kappa shape index (κ2) is 6.69. The summed E-state index contributed by atoms with van der Waals surface area (Å²) in [4.78, 5) is 4.79. The molecule has 2 aliphatic heterocycles. The fraction of sp³-hybridized carbons (Fsp3) is 0.211. The number of thioether (sulfide) groups is 2. The van der Waals surface area contributed by atoms with Crippen molar-refractivity contribution in [2.75, 3.05) is 7.11 Å². The largest absolute Gasteiger partial charge is 0.497 e. The van der Waals surface area contributed by atoms with Crippen LogP contribution in [0, 0.1) is 13.8 Å². The molecule has 25 heavy (non-hydrogen) atoms. The number of benzene rings is 2. The van der Waals surface area contributed by atoms with Crippen LogP contribution in [0.4, 0.5) is 5.69 Å². The van der Waals surface area contributed by atoms with E-state index in [-0.39, 0.29) is 5.37 Å². The molecule has 2 aromatic carbocycles. The first-order valence-corrected chi connectivity index (χ1v) is 9.79. The van der Waals surface area contributed by atoms with Crippen LogP contribution in [-0.4, -0.2) is 17.3 Å². The lowest BCUT2D eigenvalue weighted by Gasteiger charge is -2.23. The van der Waals surface area contributed by atoms with Gasteiger partial charge in [-0.2, -0.15) is 0 Å². The predicted octanol–water partition coefficient (Wildman–Crippen LogP) is 5.10. The van der Waals surface area contributed by atoms with Gasteiger partial charge in [-0.3, -0.25) is 10.4 Å². The Kier molecular flexibility index (Phi) is 4.39. The third kappa shape index (κ3) is 3.24. The first-order chi connectivity index (χ1) is 12.1. The summed E-state index contributed by atoms with van der Waals surface area (Å²) in [5.74, 6) is 0.876. The van der Waals surface area contributed by atoms with Crippen molar-refractivity contribution in [1.82, 2.24) is 10.4 Å². The number of aryl methyl sites for hydroxylation is 2. The molecule has 1 atom stereocenters. The molecule has 0 aliphatic carbocycles. The van der Waals surface area contributed by atoms with Crippen molar-refractivity contribution in [2.45, 2.75) is 19.2 Å². The smallest absolute Gasteiger partial charge is 0.187 e. The Hall–Kier alpha value is -2.05. The minimum Gasteiger partial charge on any atom is -0.497 e. The van der Waals surface area contributed by atoms with E-state index in [0.717, 1.165) is 16.6 Å². The highest BCUT2D eigenvalue weighted by atomic mass is 32.2. The molecule has 1 unspecified atom stereocenters.